The number of esters is 1. The Morgan fingerprint density at radius 1 is 1.82 bits per heavy atom. The molecule has 0 aliphatic rings. The van der Waals surface area contributed by atoms with Crippen LogP contribution in [0.5, 0.6) is 0 Å². The highest BCUT2D eigenvalue weighted by atomic mass is 79.9. The Bertz CT molecular complexity index is 257. The minimum atomic E-state index is -0.263. The van der Waals surface area contributed by atoms with Gasteiger partial charge >= 0.3 is 5.97 Å². The van der Waals surface area contributed by atoms with Gasteiger partial charge in [0.15, 0.2) is 0 Å². The summed E-state index contributed by atoms with van der Waals surface area (Å²) in [5, 5.41) is 2.58. The van der Waals surface area contributed by atoms with Crippen molar-refractivity contribution in [3.63, 3.8) is 0 Å². The van der Waals surface area contributed by atoms with Crippen molar-refractivity contribution in [3.05, 3.63) is 21.9 Å². The van der Waals surface area contributed by atoms with Gasteiger partial charge in [-0.05, 0) is 11.4 Å². The predicted molar refractivity (Wildman–Crippen MR) is 48.3 cm³/mol. The molecule has 0 aromatic carbocycles. The van der Waals surface area contributed by atoms with E-state index in [-0.39, 0.29) is 5.97 Å². The van der Waals surface area contributed by atoms with Crippen LogP contribution in [0.1, 0.15) is 15.2 Å². The van der Waals surface area contributed by atoms with E-state index < -0.39 is 0 Å². The molecule has 0 saturated carbocycles. The van der Waals surface area contributed by atoms with E-state index in [4.69, 9.17) is 0 Å². The fourth-order valence-corrected chi connectivity index (χ4v) is 2.14. The molecule has 2 nitrogen and oxygen atoms in total. The molecule has 11 heavy (non-hydrogen) atoms. The molecule has 0 aliphatic carbocycles. The number of hydrogen-bond donors (Lipinski definition) is 0. The highest BCUT2D eigenvalue weighted by molar-refractivity contribution is 9.08. The average molecular weight is 235 g/mol. The summed E-state index contributed by atoms with van der Waals surface area (Å²) in [4.78, 5) is 12.0. The molecule has 0 bridgehead atoms. The number of thiophene rings is 1. The van der Waals surface area contributed by atoms with Crippen LogP contribution in [0.4, 0.5) is 0 Å². The minimum absolute atomic E-state index is 0.263. The van der Waals surface area contributed by atoms with Gasteiger partial charge in [0.1, 0.15) is 0 Å². The Morgan fingerprint density at radius 2 is 2.55 bits per heavy atom. The fourth-order valence-electron chi connectivity index (χ4n) is 0.736. The lowest BCUT2D eigenvalue weighted by Gasteiger charge is -1.96. The van der Waals surface area contributed by atoms with Gasteiger partial charge in [0.2, 0.25) is 0 Å². The molecule has 1 heterocycles. The first kappa shape index (κ1) is 8.74. The van der Waals surface area contributed by atoms with E-state index in [1.165, 1.54) is 7.11 Å². The molecular weight excluding hydrogens is 228 g/mol. The predicted octanol–water partition coefficient (Wildman–Crippen LogP) is 2.43. The summed E-state index contributed by atoms with van der Waals surface area (Å²) in [6, 6.07) is 1.77. The SMILES string of the molecule is COC(=O)c1ccsc1CBr. The third kappa shape index (κ3) is 1.81. The Morgan fingerprint density at radius 3 is 3.09 bits per heavy atom. The van der Waals surface area contributed by atoms with E-state index in [9.17, 15) is 4.79 Å². The normalized spacial score (nSPS) is 9.64. The van der Waals surface area contributed by atoms with Gasteiger partial charge in [-0.25, -0.2) is 4.79 Å². The van der Waals surface area contributed by atoms with E-state index in [1.54, 1.807) is 17.4 Å². The van der Waals surface area contributed by atoms with Crippen LogP contribution in [-0.4, -0.2) is 13.1 Å². The summed E-state index contributed by atoms with van der Waals surface area (Å²) in [5.41, 5.74) is 0.661. The van der Waals surface area contributed by atoms with Crippen LogP contribution >= 0.6 is 27.3 Å². The second kappa shape index (κ2) is 3.88. The topological polar surface area (TPSA) is 26.3 Å². The van der Waals surface area contributed by atoms with Crippen molar-refractivity contribution in [2.75, 3.05) is 7.11 Å². The van der Waals surface area contributed by atoms with E-state index >= 15 is 0 Å². The first-order valence-electron chi connectivity index (χ1n) is 3.00. The number of alkyl halides is 1. The Balaban J connectivity index is 2.92. The first-order valence-corrected chi connectivity index (χ1v) is 5.00. The molecule has 1 aromatic rings. The number of carbonyl (C=O) groups excluding carboxylic acids is 1. The van der Waals surface area contributed by atoms with Crippen LogP contribution < -0.4 is 0 Å². The van der Waals surface area contributed by atoms with Crippen molar-refractivity contribution in [1.82, 2.24) is 0 Å². The molecule has 0 saturated heterocycles. The fraction of sp³-hybridized carbons (Fsp3) is 0.286. The van der Waals surface area contributed by atoms with Gasteiger partial charge < -0.3 is 4.74 Å². The summed E-state index contributed by atoms with van der Waals surface area (Å²) >= 11 is 4.83. The maximum Gasteiger partial charge on any atom is 0.339 e. The van der Waals surface area contributed by atoms with Crippen molar-refractivity contribution in [2.45, 2.75) is 5.33 Å². The molecule has 0 amide bonds. The number of halogens is 1. The standard InChI is InChI=1S/C7H7BrO2S/c1-10-7(9)5-2-3-11-6(5)4-8/h2-3H,4H2,1H3. The lowest BCUT2D eigenvalue weighted by Crippen LogP contribution is -2.01. The van der Waals surface area contributed by atoms with Crippen LogP contribution in [0.25, 0.3) is 0 Å². The monoisotopic (exact) mass is 234 g/mol. The summed E-state index contributed by atoms with van der Waals surface area (Å²) < 4.78 is 4.58. The van der Waals surface area contributed by atoms with Crippen LogP contribution in [0.2, 0.25) is 0 Å². The molecule has 1 rings (SSSR count). The zero-order valence-electron chi connectivity index (χ0n) is 5.96. The molecule has 0 radical (unpaired) electrons. The van der Waals surface area contributed by atoms with Gasteiger partial charge in [-0.15, -0.1) is 11.3 Å². The summed E-state index contributed by atoms with van der Waals surface area (Å²) in [7, 11) is 1.39. The zero-order valence-corrected chi connectivity index (χ0v) is 8.37. The molecule has 0 spiro atoms. The Hall–Kier alpha value is -0.350. The molecule has 0 fully saturated rings. The smallest absolute Gasteiger partial charge is 0.339 e. The second-order valence-electron chi connectivity index (χ2n) is 1.88. The second-order valence-corrected chi connectivity index (χ2v) is 3.44. The van der Waals surface area contributed by atoms with Crippen molar-refractivity contribution < 1.29 is 9.53 Å². The van der Waals surface area contributed by atoms with E-state index in [1.807, 2.05) is 5.38 Å². The van der Waals surface area contributed by atoms with Crippen LogP contribution in [0, 0.1) is 0 Å². The lowest BCUT2D eigenvalue weighted by atomic mass is 10.3. The third-order valence-corrected chi connectivity index (χ3v) is 3.12. The molecular formula is C7H7BrO2S. The average Bonchev–Trinajstić information content (AvgIpc) is 2.50. The van der Waals surface area contributed by atoms with Gasteiger partial charge in [0, 0.05) is 10.2 Å². The highest BCUT2D eigenvalue weighted by Gasteiger charge is 2.10. The van der Waals surface area contributed by atoms with Crippen LogP contribution in [0.15, 0.2) is 11.4 Å². The minimum Gasteiger partial charge on any atom is -0.465 e. The molecule has 0 unspecified atom stereocenters. The van der Waals surface area contributed by atoms with Gasteiger partial charge in [-0.2, -0.15) is 0 Å². The van der Waals surface area contributed by atoms with Crippen molar-refractivity contribution >= 4 is 33.2 Å². The van der Waals surface area contributed by atoms with Crippen molar-refractivity contribution in [2.24, 2.45) is 0 Å². The van der Waals surface area contributed by atoms with Crippen LogP contribution in [0.3, 0.4) is 0 Å². The number of rotatable bonds is 2. The molecule has 1 aromatic heterocycles. The van der Waals surface area contributed by atoms with Crippen LogP contribution in [-0.2, 0) is 10.1 Å². The van der Waals surface area contributed by atoms with E-state index in [0.717, 1.165) is 4.88 Å². The molecule has 60 valence electrons. The summed E-state index contributed by atoms with van der Waals surface area (Å²) in [6.45, 7) is 0. The molecule has 4 heteroatoms. The maximum atomic E-state index is 11.0. The van der Waals surface area contributed by atoms with Crippen molar-refractivity contribution in [3.8, 4) is 0 Å². The third-order valence-electron chi connectivity index (χ3n) is 1.27. The zero-order chi connectivity index (χ0) is 8.27. The van der Waals surface area contributed by atoms with Gasteiger partial charge in [0.05, 0.1) is 12.7 Å². The number of methoxy groups -OCH3 is 1. The Labute approximate surface area is 77.3 Å². The summed E-state index contributed by atoms with van der Waals surface area (Å²) in [6.07, 6.45) is 0. The first-order chi connectivity index (χ1) is 5.29. The number of carbonyl (C=O) groups is 1. The largest absolute Gasteiger partial charge is 0.465 e. The van der Waals surface area contributed by atoms with Crippen molar-refractivity contribution in [1.29, 1.82) is 0 Å². The Kier molecular flexibility index (Phi) is 3.08. The molecule has 0 aliphatic heterocycles. The van der Waals surface area contributed by atoms with Gasteiger partial charge in [-0.1, -0.05) is 15.9 Å². The molecule has 0 N–H and O–H groups in total. The highest BCUT2D eigenvalue weighted by Crippen LogP contribution is 2.20. The summed E-state index contributed by atoms with van der Waals surface area (Å²) in [5.74, 6) is -0.263. The van der Waals surface area contributed by atoms with E-state index in [2.05, 4.69) is 20.7 Å². The lowest BCUT2D eigenvalue weighted by molar-refractivity contribution is 0.0600. The maximum absolute atomic E-state index is 11.0. The molecule has 0 atom stereocenters. The number of ether oxygens (including phenoxy) is 1. The van der Waals surface area contributed by atoms with Gasteiger partial charge in [-0.3, -0.25) is 0 Å². The number of hydrogen-bond acceptors (Lipinski definition) is 3. The van der Waals surface area contributed by atoms with E-state index in [0.29, 0.717) is 10.9 Å². The van der Waals surface area contributed by atoms with Gasteiger partial charge in [0.25, 0.3) is 0 Å². The quantitative estimate of drug-likeness (QED) is 0.581.